The number of aliphatic hydroxyl groups is 1. The van der Waals surface area contributed by atoms with Crippen LogP contribution in [0.2, 0.25) is 0 Å². The number of ether oxygens (including phenoxy) is 4. The third-order valence-corrected chi connectivity index (χ3v) is 19.6. The second-order valence-electron chi connectivity index (χ2n) is 28.3. The normalized spacial score (nSPS) is 14.0. The van der Waals surface area contributed by atoms with Gasteiger partial charge in [0.2, 0.25) is 0 Å². The van der Waals surface area contributed by atoms with Crippen molar-refractivity contribution >= 4 is 39.5 Å². The molecule has 5 atom stereocenters. The summed E-state index contributed by atoms with van der Waals surface area (Å²) in [5, 5.41) is 10.6. The number of esters is 4. The topological polar surface area (TPSA) is 237 Å². The summed E-state index contributed by atoms with van der Waals surface area (Å²) >= 11 is 0. The first-order chi connectivity index (χ1) is 45.9. The first-order valence-corrected chi connectivity index (χ1v) is 42.5. The van der Waals surface area contributed by atoms with Crippen molar-refractivity contribution in [1.82, 2.24) is 0 Å². The number of rotatable bonds is 75. The van der Waals surface area contributed by atoms with E-state index in [0.29, 0.717) is 25.7 Å². The Balaban J connectivity index is 5.19. The third-order valence-electron chi connectivity index (χ3n) is 17.7. The molecule has 0 aliphatic heterocycles. The van der Waals surface area contributed by atoms with Gasteiger partial charge in [0.05, 0.1) is 26.4 Å². The van der Waals surface area contributed by atoms with E-state index >= 15 is 0 Å². The largest absolute Gasteiger partial charge is 0.472 e. The Morgan fingerprint density at radius 1 is 0.284 bits per heavy atom. The Kier molecular flexibility index (Phi) is 66.5. The molecule has 0 rings (SSSR count). The van der Waals surface area contributed by atoms with Crippen LogP contribution in [0, 0.1) is 11.8 Å². The number of carbonyl (C=O) groups excluding carboxylic acids is 4. The van der Waals surface area contributed by atoms with E-state index < -0.39 is 97.5 Å². The van der Waals surface area contributed by atoms with Crippen molar-refractivity contribution in [1.29, 1.82) is 0 Å². The number of hydrogen-bond donors (Lipinski definition) is 3. The molecule has 0 bridgehead atoms. The molecule has 19 heteroatoms. The van der Waals surface area contributed by atoms with E-state index in [4.69, 9.17) is 37.0 Å². The van der Waals surface area contributed by atoms with Crippen LogP contribution in [-0.2, 0) is 65.4 Å². The molecule has 0 radical (unpaired) electrons. The van der Waals surface area contributed by atoms with Crippen LogP contribution < -0.4 is 0 Å². The maximum atomic E-state index is 13.1. The minimum Gasteiger partial charge on any atom is -0.462 e. The van der Waals surface area contributed by atoms with Gasteiger partial charge >= 0.3 is 39.5 Å². The van der Waals surface area contributed by atoms with Crippen molar-refractivity contribution in [2.75, 3.05) is 39.6 Å². The molecule has 0 aromatic heterocycles. The highest BCUT2D eigenvalue weighted by atomic mass is 31.2. The van der Waals surface area contributed by atoms with E-state index in [2.05, 4.69) is 41.5 Å². The third kappa shape index (κ3) is 70.3. The summed E-state index contributed by atoms with van der Waals surface area (Å²) in [5.74, 6) is -0.601. The van der Waals surface area contributed by atoms with Crippen LogP contribution in [0.4, 0.5) is 0 Å². The van der Waals surface area contributed by atoms with Crippen LogP contribution in [0.3, 0.4) is 0 Å². The maximum absolute atomic E-state index is 13.1. The monoisotopic (exact) mass is 1400 g/mol. The number of phosphoric acid groups is 2. The lowest BCUT2D eigenvalue weighted by atomic mass is 10.0. The van der Waals surface area contributed by atoms with Gasteiger partial charge in [-0.3, -0.25) is 37.3 Å². The summed E-state index contributed by atoms with van der Waals surface area (Å²) in [6, 6.07) is 0. The Hall–Kier alpha value is -1.94. The van der Waals surface area contributed by atoms with Crippen molar-refractivity contribution in [2.45, 2.75) is 413 Å². The van der Waals surface area contributed by atoms with E-state index in [1.165, 1.54) is 205 Å². The van der Waals surface area contributed by atoms with Gasteiger partial charge in [0, 0.05) is 25.7 Å². The molecule has 3 N–H and O–H groups in total. The zero-order chi connectivity index (χ0) is 70.0. The molecule has 2 unspecified atom stereocenters. The highest BCUT2D eigenvalue weighted by molar-refractivity contribution is 7.47. The molecule has 0 amide bonds. The van der Waals surface area contributed by atoms with Gasteiger partial charge < -0.3 is 33.8 Å². The summed E-state index contributed by atoms with van der Waals surface area (Å²) in [6.07, 6.45) is 55.6. The van der Waals surface area contributed by atoms with Crippen LogP contribution >= 0.6 is 15.6 Å². The molecule has 0 aromatic carbocycles. The second kappa shape index (κ2) is 67.9. The Morgan fingerprint density at radius 2 is 0.484 bits per heavy atom. The molecule has 0 aliphatic rings. The average molecular weight is 1400 g/mol. The average Bonchev–Trinajstić information content (AvgIpc) is 2.49. The lowest BCUT2D eigenvalue weighted by Crippen LogP contribution is -2.30. The lowest BCUT2D eigenvalue weighted by molar-refractivity contribution is -0.161. The Bertz CT molecular complexity index is 1840. The predicted molar refractivity (Wildman–Crippen MR) is 386 cm³/mol. The van der Waals surface area contributed by atoms with Gasteiger partial charge in [-0.25, -0.2) is 9.13 Å². The molecule has 0 fully saturated rings. The fraction of sp³-hybridized carbons (Fsp3) is 0.947. The van der Waals surface area contributed by atoms with E-state index in [9.17, 15) is 43.2 Å². The number of hydrogen-bond acceptors (Lipinski definition) is 15. The van der Waals surface area contributed by atoms with Crippen molar-refractivity contribution in [2.24, 2.45) is 11.8 Å². The van der Waals surface area contributed by atoms with Gasteiger partial charge in [0.15, 0.2) is 12.2 Å². The number of aliphatic hydroxyl groups excluding tert-OH is 1. The van der Waals surface area contributed by atoms with Crippen LogP contribution in [0.15, 0.2) is 0 Å². The SMILES string of the molecule is CCCCCCCCCCCCCCCCCCCCCCC(=O)O[C@H](COC(=O)CCCCCCCCCCCCCCC(C)C)COP(=O)(O)OC[C@@H](O)COP(=O)(O)OC[C@@H](COC(=O)CCCCCCCCCC)OC(=O)CCCCCCCCCCCC(C)C. The van der Waals surface area contributed by atoms with E-state index in [0.717, 1.165) is 108 Å². The number of unbranched alkanes of at least 4 members (excludes halogenated alkanes) is 45. The van der Waals surface area contributed by atoms with Crippen molar-refractivity contribution in [3.8, 4) is 0 Å². The molecule has 564 valence electrons. The van der Waals surface area contributed by atoms with Gasteiger partial charge in [0.25, 0.3) is 0 Å². The molecule has 0 saturated carbocycles. The number of phosphoric ester groups is 2. The first-order valence-electron chi connectivity index (χ1n) is 39.5. The van der Waals surface area contributed by atoms with Gasteiger partial charge in [-0.15, -0.1) is 0 Å². The molecular weight excluding hydrogens is 1250 g/mol. The van der Waals surface area contributed by atoms with Crippen molar-refractivity contribution < 1.29 is 80.2 Å². The van der Waals surface area contributed by atoms with Gasteiger partial charge in [0.1, 0.15) is 19.3 Å². The summed E-state index contributed by atoms with van der Waals surface area (Å²) in [7, 11) is -9.91. The van der Waals surface area contributed by atoms with Crippen LogP contribution in [0.1, 0.15) is 395 Å². The molecule has 0 saturated heterocycles. The van der Waals surface area contributed by atoms with Crippen LogP contribution in [0.5, 0.6) is 0 Å². The predicted octanol–water partition coefficient (Wildman–Crippen LogP) is 22.3. The minimum absolute atomic E-state index is 0.105. The fourth-order valence-corrected chi connectivity index (χ4v) is 13.2. The zero-order valence-electron chi connectivity index (χ0n) is 62.0. The van der Waals surface area contributed by atoms with E-state index in [-0.39, 0.29) is 25.7 Å². The lowest BCUT2D eigenvalue weighted by Gasteiger charge is -2.21. The van der Waals surface area contributed by atoms with Gasteiger partial charge in [-0.2, -0.15) is 0 Å². The van der Waals surface area contributed by atoms with Crippen LogP contribution in [-0.4, -0.2) is 96.7 Å². The second-order valence-corrected chi connectivity index (χ2v) is 31.3. The Labute approximate surface area is 581 Å². The minimum atomic E-state index is -4.96. The maximum Gasteiger partial charge on any atom is 0.472 e. The zero-order valence-corrected chi connectivity index (χ0v) is 63.8. The van der Waals surface area contributed by atoms with Gasteiger partial charge in [-0.05, 0) is 37.5 Å². The summed E-state index contributed by atoms with van der Waals surface area (Å²) in [4.78, 5) is 72.7. The molecular formula is C76H148O17P2. The smallest absolute Gasteiger partial charge is 0.462 e. The van der Waals surface area contributed by atoms with Crippen molar-refractivity contribution in [3.63, 3.8) is 0 Å². The molecule has 0 aliphatic carbocycles. The summed E-state index contributed by atoms with van der Waals surface area (Å²) in [6.45, 7) is 9.55. The van der Waals surface area contributed by atoms with E-state index in [1.807, 2.05) is 0 Å². The molecule has 95 heavy (non-hydrogen) atoms. The van der Waals surface area contributed by atoms with Crippen LogP contribution in [0.25, 0.3) is 0 Å². The fourth-order valence-electron chi connectivity index (χ4n) is 11.7. The van der Waals surface area contributed by atoms with Gasteiger partial charge in [-0.1, -0.05) is 343 Å². The summed E-state index contributed by atoms with van der Waals surface area (Å²) < 4.78 is 68.4. The standard InChI is InChI=1S/C76H148O17P2/c1-7-9-11-13-15-17-18-19-20-21-22-23-24-25-26-31-36-42-48-54-60-75(80)92-72(65-87-74(79)59-53-47-41-35-30-28-27-29-33-38-44-50-56-68(3)4)67-91-95(84,85)89-63-70(77)62-88-94(82,83)90-66-71(64-86-73(78)58-52-46-40-16-14-12-10-8-2)93-76(81)61-55-49-43-37-32-34-39-45-51-57-69(5)6/h68-72,77H,7-67H2,1-6H3,(H,82,83)(H,84,85)/t70-,71+,72+/m0/s1. The van der Waals surface area contributed by atoms with Crippen molar-refractivity contribution in [3.05, 3.63) is 0 Å². The molecule has 0 spiro atoms. The quantitative estimate of drug-likeness (QED) is 0.0222. The van der Waals surface area contributed by atoms with E-state index in [1.54, 1.807) is 0 Å². The Morgan fingerprint density at radius 3 is 0.716 bits per heavy atom. The highest BCUT2D eigenvalue weighted by Gasteiger charge is 2.30. The molecule has 17 nitrogen and oxygen atoms in total. The first kappa shape index (κ1) is 93.1. The summed E-state index contributed by atoms with van der Waals surface area (Å²) in [5.41, 5.74) is 0. The highest BCUT2D eigenvalue weighted by Crippen LogP contribution is 2.45. The number of carbonyl (C=O) groups is 4. The molecule has 0 heterocycles. The molecule has 0 aromatic rings.